The predicted octanol–water partition coefficient (Wildman–Crippen LogP) is 1.72. The molecule has 0 bridgehead atoms. The maximum absolute atomic E-state index is 13.0. The molecule has 8 heteroatoms. The molecule has 0 radical (unpaired) electrons. The van der Waals surface area contributed by atoms with Gasteiger partial charge in [0.05, 0.1) is 10.5 Å². The fraction of sp³-hybridized carbons (Fsp3) is 0. The van der Waals surface area contributed by atoms with E-state index in [4.69, 9.17) is 5.11 Å². The van der Waals surface area contributed by atoms with Gasteiger partial charge < -0.3 is 5.11 Å². The van der Waals surface area contributed by atoms with Gasteiger partial charge in [-0.25, -0.2) is 22.6 Å². The number of pyridine rings is 1. The highest BCUT2D eigenvalue weighted by atomic mass is 32.2. The van der Waals surface area contributed by atoms with Gasteiger partial charge in [0.2, 0.25) is 0 Å². The lowest BCUT2D eigenvalue weighted by molar-refractivity contribution is 0.0697. The number of aromatic nitrogens is 1. The zero-order chi connectivity index (χ0) is 14.8. The molecule has 0 aliphatic heterocycles. The van der Waals surface area contributed by atoms with Crippen LogP contribution < -0.4 is 4.72 Å². The summed E-state index contributed by atoms with van der Waals surface area (Å²) < 4.78 is 39.0. The molecule has 0 aliphatic carbocycles. The molecule has 0 saturated carbocycles. The maximum Gasteiger partial charge on any atom is 0.335 e. The van der Waals surface area contributed by atoms with Gasteiger partial charge in [0.25, 0.3) is 10.0 Å². The van der Waals surface area contributed by atoms with Gasteiger partial charge >= 0.3 is 5.97 Å². The number of hydrogen-bond acceptors (Lipinski definition) is 4. The zero-order valence-electron chi connectivity index (χ0n) is 9.95. The first-order valence-electron chi connectivity index (χ1n) is 5.36. The number of anilines is 1. The summed E-state index contributed by atoms with van der Waals surface area (Å²) in [5.74, 6) is -2.06. The summed E-state index contributed by atoms with van der Waals surface area (Å²) in [7, 11) is -4.02. The lowest BCUT2D eigenvalue weighted by Crippen LogP contribution is -2.14. The normalized spacial score (nSPS) is 11.1. The number of carboxylic acids is 1. The van der Waals surface area contributed by atoms with Crippen LogP contribution in [0.3, 0.4) is 0 Å². The molecule has 1 aromatic carbocycles. The highest BCUT2D eigenvalue weighted by molar-refractivity contribution is 7.92. The summed E-state index contributed by atoms with van der Waals surface area (Å²) in [4.78, 5) is 14.2. The molecule has 0 atom stereocenters. The number of hydrogen-bond donors (Lipinski definition) is 2. The third kappa shape index (κ3) is 3.09. The average molecular weight is 296 g/mol. The summed E-state index contributed by atoms with van der Waals surface area (Å²) in [6.07, 6.45) is 1.16. The molecular weight excluding hydrogens is 287 g/mol. The fourth-order valence-electron chi connectivity index (χ4n) is 1.45. The minimum atomic E-state index is -4.02. The Morgan fingerprint density at radius 1 is 1.25 bits per heavy atom. The minimum absolute atomic E-state index is 0.114. The first-order chi connectivity index (χ1) is 9.38. The summed E-state index contributed by atoms with van der Waals surface area (Å²) in [6.45, 7) is 0. The van der Waals surface area contributed by atoms with E-state index in [0.29, 0.717) is 0 Å². The van der Waals surface area contributed by atoms with E-state index in [1.807, 2.05) is 0 Å². The monoisotopic (exact) mass is 296 g/mol. The van der Waals surface area contributed by atoms with Crippen LogP contribution in [-0.4, -0.2) is 24.5 Å². The molecule has 2 aromatic rings. The molecule has 1 heterocycles. The first kappa shape index (κ1) is 13.9. The van der Waals surface area contributed by atoms with Crippen molar-refractivity contribution in [3.63, 3.8) is 0 Å². The number of nitrogens with one attached hydrogen (secondary N) is 1. The lowest BCUT2D eigenvalue weighted by Gasteiger charge is -2.07. The largest absolute Gasteiger partial charge is 0.478 e. The smallest absolute Gasteiger partial charge is 0.335 e. The molecule has 1 aromatic heterocycles. The molecule has 0 spiro atoms. The van der Waals surface area contributed by atoms with Crippen LogP contribution in [0.4, 0.5) is 10.2 Å². The predicted molar refractivity (Wildman–Crippen MR) is 68.4 cm³/mol. The maximum atomic E-state index is 13.0. The van der Waals surface area contributed by atoms with Gasteiger partial charge in [0, 0.05) is 6.20 Å². The SMILES string of the molecule is O=C(O)c1ccnc(NS(=O)(=O)c2cccc(F)c2)c1. The minimum Gasteiger partial charge on any atom is -0.478 e. The Kier molecular flexibility index (Phi) is 3.66. The molecule has 2 rings (SSSR count). The van der Waals surface area contributed by atoms with E-state index in [9.17, 15) is 17.6 Å². The summed E-state index contributed by atoms with van der Waals surface area (Å²) >= 11 is 0. The number of benzene rings is 1. The molecule has 20 heavy (non-hydrogen) atoms. The van der Waals surface area contributed by atoms with Crippen molar-refractivity contribution in [2.24, 2.45) is 0 Å². The van der Waals surface area contributed by atoms with Gasteiger partial charge in [-0.05, 0) is 30.3 Å². The molecule has 0 aliphatic rings. The van der Waals surface area contributed by atoms with Crippen molar-refractivity contribution in [1.82, 2.24) is 4.98 Å². The van der Waals surface area contributed by atoms with E-state index in [2.05, 4.69) is 9.71 Å². The summed E-state index contributed by atoms with van der Waals surface area (Å²) in [6, 6.07) is 6.73. The highest BCUT2D eigenvalue weighted by Gasteiger charge is 2.16. The van der Waals surface area contributed by atoms with Crippen LogP contribution >= 0.6 is 0 Å². The second-order valence-corrected chi connectivity index (χ2v) is 5.48. The molecule has 0 amide bonds. The van der Waals surface area contributed by atoms with Gasteiger partial charge in [-0.1, -0.05) is 6.07 Å². The zero-order valence-corrected chi connectivity index (χ0v) is 10.8. The van der Waals surface area contributed by atoms with Crippen molar-refractivity contribution in [3.05, 3.63) is 54.0 Å². The topological polar surface area (TPSA) is 96.4 Å². The van der Waals surface area contributed by atoms with Gasteiger partial charge in [-0.15, -0.1) is 0 Å². The molecule has 0 fully saturated rings. The number of rotatable bonds is 4. The van der Waals surface area contributed by atoms with Crippen molar-refractivity contribution in [3.8, 4) is 0 Å². The Bertz CT molecular complexity index is 762. The average Bonchev–Trinajstić information content (AvgIpc) is 2.38. The third-order valence-electron chi connectivity index (χ3n) is 2.35. The third-order valence-corrected chi connectivity index (χ3v) is 3.70. The van der Waals surface area contributed by atoms with Gasteiger partial charge in [0.1, 0.15) is 11.6 Å². The highest BCUT2D eigenvalue weighted by Crippen LogP contribution is 2.16. The van der Waals surface area contributed by atoms with E-state index in [1.165, 1.54) is 18.2 Å². The van der Waals surface area contributed by atoms with Crippen LogP contribution in [0, 0.1) is 5.82 Å². The second-order valence-electron chi connectivity index (χ2n) is 3.80. The van der Waals surface area contributed by atoms with Crippen LogP contribution in [0.15, 0.2) is 47.5 Å². The summed E-state index contributed by atoms with van der Waals surface area (Å²) in [5, 5.41) is 8.81. The Hall–Kier alpha value is -2.48. The van der Waals surface area contributed by atoms with Crippen molar-refractivity contribution in [2.75, 3.05) is 4.72 Å². The van der Waals surface area contributed by atoms with Crippen LogP contribution in [0.5, 0.6) is 0 Å². The number of carbonyl (C=O) groups is 1. The van der Waals surface area contributed by atoms with Gasteiger partial charge in [0.15, 0.2) is 0 Å². The van der Waals surface area contributed by atoms with Crippen molar-refractivity contribution >= 4 is 21.8 Å². The standard InChI is InChI=1S/C12H9FN2O4S/c13-9-2-1-3-10(7-9)20(18,19)15-11-6-8(12(16)17)4-5-14-11/h1-7H,(H,14,15)(H,16,17). The number of aromatic carboxylic acids is 1. The molecule has 2 N–H and O–H groups in total. The molecule has 0 unspecified atom stereocenters. The Morgan fingerprint density at radius 2 is 2.00 bits per heavy atom. The van der Waals surface area contributed by atoms with E-state index >= 15 is 0 Å². The number of nitrogens with zero attached hydrogens (tertiary/aromatic N) is 1. The molecule has 0 saturated heterocycles. The number of halogens is 1. The van der Waals surface area contributed by atoms with Crippen LogP contribution in [-0.2, 0) is 10.0 Å². The molecular formula is C12H9FN2O4S. The van der Waals surface area contributed by atoms with Crippen LogP contribution in [0.25, 0.3) is 0 Å². The molecule has 6 nitrogen and oxygen atoms in total. The van der Waals surface area contributed by atoms with Gasteiger partial charge in [-0.3, -0.25) is 4.72 Å². The van der Waals surface area contributed by atoms with Crippen LogP contribution in [0.2, 0.25) is 0 Å². The summed E-state index contributed by atoms with van der Waals surface area (Å²) in [5.41, 5.74) is -0.114. The van der Waals surface area contributed by atoms with Crippen molar-refractivity contribution in [2.45, 2.75) is 4.90 Å². The first-order valence-corrected chi connectivity index (χ1v) is 6.84. The van der Waals surface area contributed by atoms with E-state index in [1.54, 1.807) is 0 Å². The Labute approximate surface area is 114 Å². The Balaban J connectivity index is 2.33. The van der Waals surface area contributed by atoms with Gasteiger partial charge in [-0.2, -0.15) is 0 Å². The van der Waals surface area contributed by atoms with Crippen LogP contribution in [0.1, 0.15) is 10.4 Å². The van der Waals surface area contributed by atoms with Crippen molar-refractivity contribution < 1.29 is 22.7 Å². The fourth-order valence-corrected chi connectivity index (χ4v) is 2.48. The van der Waals surface area contributed by atoms with E-state index in [0.717, 1.165) is 24.4 Å². The van der Waals surface area contributed by atoms with E-state index in [-0.39, 0.29) is 16.3 Å². The Morgan fingerprint density at radius 3 is 2.65 bits per heavy atom. The second kappa shape index (κ2) is 5.25. The quantitative estimate of drug-likeness (QED) is 0.895. The molecule has 104 valence electrons. The van der Waals surface area contributed by atoms with Crippen molar-refractivity contribution in [1.29, 1.82) is 0 Å². The number of carboxylic acid groups (broad SMARTS) is 1. The van der Waals surface area contributed by atoms with E-state index < -0.39 is 21.8 Å². The lowest BCUT2D eigenvalue weighted by atomic mass is 10.3. The number of sulfonamides is 1.